The summed E-state index contributed by atoms with van der Waals surface area (Å²) in [4.78, 5) is 29.7. The number of aromatic hydroxyl groups is 1. The van der Waals surface area contributed by atoms with Crippen molar-refractivity contribution in [3.8, 4) is 5.75 Å². The van der Waals surface area contributed by atoms with Gasteiger partial charge < -0.3 is 25.0 Å². The lowest BCUT2D eigenvalue weighted by Crippen LogP contribution is -2.31. The van der Waals surface area contributed by atoms with Crippen LogP contribution in [0.2, 0.25) is 0 Å². The highest BCUT2D eigenvalue weighted by Gasteiger charge is 2.28. The van der Waals surface area contributed by atoms with E-state index in [1.807, 2.05) is 31.1 Å². The fraction of sp³-hybridized carbons (Fsp3) is 0.444. The van der Waals surface area contributed by atoms with Crippen LogP contribution in [0.3, 0.4) is 0 Å². The van der Waals surface area contributed by atoms with Gasteiger partial charge in [0.15, 0.2) is 0 Å². The normalized spacial score (nSPS) is 16.0. The first-order valence-corrected chi connectivity index (χ1v) is 12.5. The molecule has 1 saturated heterocycles. The molecule has 9 nitrogen and oxygen atoms in total. The number of carbonyl (C=O) groups is 2. The van der Waals surface area contributed by atoms with Gasteiger partial charge in [0.25, 0.3) is 11.8 Å². The first kappa shape index (κ1) is 24.3. The van der Waals surface area contributed by atoms with Crippen molar-refractivity contribution in [3.05, 3.63) is 58.3 Å². The Morgan fingerprint density at radius 1 is 1.17 bits per heavy atom. The van der Waals surface area contributed by atoms with Crippen LogP contribution in [0.4, 0.5) is 0 Å². The molecule has 0 aliphatic carbocycles. The summed E-state index contributed by atoms with van der Waals surface area (Å²) < 4.78 is 5.47. The maximum Gasteiger partial charge on any atom is 0.258 e. The Morgan fingerprint density at radius 3 is 2.72 bits per heavy atom. The van der Waals surface area contributed by atoms with Crippen molar-refractivity contribution in [1.29, 1.82) is 0 Å². The number of hydrogen-bond donors (Lipinski definition) is 3. The Kier molecular flexibility index (Phi) is 6.93. The summed E-state index contributed by atoms with van der Waals surface area (Å²) in [6, 6.07) is 8.90. The second-order valence-electron chi connectivity index (χ2n) is 10.1. The van der Waals surface area contributed by atoms with Gasteiger partial charge in [-0.2, -0.15) is 5.10 Å². The number of benzene rings is 2. The lowest BCUT2D eigenvalue weighted by molar-refractivity contribution is 0.0663. The molecule has 9 heteroatoms. The van der Waals surface area contributed by atoms with Crippen molar-refractivity contribution in [3.63, 3.8) is 0 Å². The Balaban J connectivity index is 1.31. The molecule has 1 aromatic heterocycles. The fourth-order valence-corrected chi connectivity index (χ4v) is 5.01. The number of phenolic OH excluding ortho intramolecular Hbond substituents is 1. The highest BCUT2D eigenvalue weighted by atomic mass is 16.5. The molecule has 3 heterocycles. The molecule has 0 saturated carbocycles. The molecule has 0 bridgehead atoms. The number of amides is 2. The van der Waals surface area contributed by atoms with Gasteiger partial charge in [-0.3, -0.25) is 14.7 Å². The summed E-state index contributed by atoms with van der Waals surface area (Å²) in [5, 5.41) is 21.9. The summed E-state index contributed by atoms with van der Waals surface area (Å²) in [6.45, 7) is 3.71. The maximum absolute atomic E-state index is 13.5. The van der Waals surface area contributed by atoms with Crippen molar-refractivity contribution >= 4 is 22.7 Å². The number of aromatic amines is 1. The zero-order valence-corrected chi connectivity index (χ0v) is 20.8. The van der Waals surface area contributed by atoms with E-state index in [-0.39, 0.29) is 23.1 Å². The van der Waals surface area contributed by atoms with Crippen molar-refractivity contribution in [1.82, 2.24) is 25.3 Å². The molecule has 5 rings (SSSR count). The van der Waals surface area contributed by atoms with E-state index in [1.165, 1.54) is 0 Å². The summed E-state index contributed by atoms with van der Waals surface area (Å²) in [6.07, 6.45) is 2.85. The molecule has 0 unspecified atom stereocenters. The minimum absolute atomic E-state index is 0.0754. The molecule has 0 radical (unpaired) electrons. The Bertz CT molecular complexity index is 1280. The molecule has 3 aromatic rings. The predicted molar refractivity (Wildman–Crippen MR) is 136 cm³/mol. The summed E-state index contributed by atoms with van der Waals surface area (Å²) in [5.74, 6) is 0.0802. The van der Waals surface area contributed by atoms with Gasteiger partial charge in [-0.25, -0.2) is 0 Å². The molecule has 2 aliphatic heterocycles. The molecule has 3 N–H and O–H groups in total. The number of rotatable bonds is 7. The summed E-state index contributed by atoms with van der Waals surface area (Å²) in [5.41, 5.74) is 4.46. The number of H-pyrrole nitrogens is 1. The standard InChI is InChI=1S/C27H33N5O4/c1-31(2)8-7-28-26(34)18-3-4-19-15-32(16-20(19)12-18)27(35)22-13-21-23(11-17-5-9-36-10-6-17)29-30-24(21)14-25(22)33/h3-4,12-14,17,33H,5-11,15-16H2,1-2H3,(H,28,34)(H,29,30). The van der Waals surface area contributed by atoms with E-state index in [0.29, 0.717) is 36.6 Å². The van der Waals surface area contributed by atoms with E-state index in [4.69, 9.17) is 4.74 Å². The number of carbonyl (C=O) groups excluding carboxylic acids is 2. The van der Waals surface area contributed by atoms with Gasteiger partial charge in [0.2, 0.25) is 0 Å². The minimum atomic E-state index is -0.235. The van der Waals surface area contributed by atoms with Crippen LogP contribution in [-0.4, -0.2) is 77.3 Å². The number of ether oxygens (including phenoxy) is 1. The Morgan fingerprint density at radius 2 is 1.94 bits per heavy atom. The number of nitrogens with one attached hydrogen (secondary N) is 2. The largest absolute Gasteiger partial charge is 0.507 e. The van der Waals surface area contributed by atoms with Gasteiger partial charge in [-0.05, 0) is 68.6 Å². The second kappa shape index (κ2) is 10.3. The van der Waals surface area contributed by atoms with E-state index in [2.05, 4.69) is 15.5 Å². The molecule has 190 valence electrons. The van der Waals surface area contributed by atoms with Gasteiger partial charge in [-0.1, -0.05) is 6.07 Å². The lowest BCUT2D eigenvalue weighted by atomic mass is 9.93. The van der Waals surface area contributed by atoms with Gasteiger partial charge in [-0.15, -0.1) is 0 Å². The zero-order chi connectivity index (χ0) is 25.2. The van der Waals surface area contributed by atoms with E-state index in [9.17, 15) is 14.7 Å². The van der Waals surface area contributed by atoms with Crippen molar-refractivity contribution in [2.24, 2.45) is 5.92 Å². The van der Waals surface area contributed by atoms with Crippen LogP contribution in [0.1, 0.15) is 50.4 Å². The first-order chi connectivity index (χ1) is 17.4. The third kappa shape index (κ3) is 5.08. The molecule has 0 spiro atoms. The Hall–Kier alpha value is -3.43. The number of aromatic nitrogens is 2. The summed E-state index contributed by atoms with van der Waals surface area (Å²) >= 11 is 0. The monoisotopic (exact) mass is 491 g/mol. The van der Waals surface area contributed by atoms with Crippen molar-refractivity contribution < 1.29 is 19.4 Å². The maximum atomic E-state index is 13.5. The molecule has 1 fully saturated rings. The summed E-state index contributed by atoms with van der Waals surface area (Å²) in [7, 11) is 3.92. The van der Waals surface area contributed by atoms with Crippen LogP contribution in [-0.2, 0) is 24.2 Å². The van der Waals surface area contributed by atoms with Crippen LogP contribution in [0.15, 0.2) is 30.3 Å². The van der Waals surface area contributed by atoms with Gasteiger partial charge in [0.05, 0.1) is 11.1 Å². The Labute approximate surface area is 210 Å². The van der Waals surface area contributed by atoms with Gasteiger partial charge in [0, 0.05) is 62.1 Å². The van der Waals surface area contributed by atoms with E-state index in [1.54, 1.807) is 23.1 Å². The molecular formula is C27H33N5O4. The first-order valence-electron chi connectivity index (χ1n) is 12.5. The molecule has 2 aliphatic rings. The predicted octanol–water partition coefficient (Wildman–Crippen LogP) is 2.69. The van der Waals surface area contributed by atoms with E-state index in [0.717, 1.165) is 61.2 Å². The molecule has 0 atom stereocenters. The van der Waals surface area contributed by atoms with Crippen LogP contribution >= 0.6 is 0 Å². The number of phenols is 1. The quantitative estimate of drug-likeness (QED) is 0.469. The van der Waals surface area contributed by atoms with Crippen LogP contribution < -0.4 is 5.32 Å². The topological polar surface area (TPSA) is 111 Å². The molecular weight excluding hydrogens is 458 g/mol. The smallest absolute Gasteiger partial charge is 0.258 e. The van der Waals surface area contributed by atoms with E-state index >= 15 is 0 Å². The average molecular weight is 492 g/mol. The van der Waals surface area contributed by atoms with Crippen molar-refractivity contribution in [2.45, 2.75) is 32.4 Å². The molecule has 36 heavy (non-hydrogen) atoms. The lowest BCUT2D eigenvalue weighted by Gasteiger charge is -2.21. The van der Waals surface area contributed by atoms with E-state index < -0.39 is 0 Å². The van der Waals surface area contributed by atoms with Crippen LogP contribution in [0.5, 0.6) is 5.75 Å². The number of nitrogens with zero attached hydrogens (tertiary/aromatic N) is 3. The van der Waals surface area contributed by atoms with Crippen LogP contribution in [0.25, 0.3) is 10.9 Å². The second-order valence-corrected chi connectivity index (χ2v) is 10.1. The number of fused-ring (bicyclic) bond motifs is 2. The molecule has 2 aromatic carbocycles. The fourth-order valence-electron chi connectivity index (χ4n) is 5.01. The third-order valence-electron chi connectivity index (χ3n) is 7.14. The number of likely N-dealkylation sites (N-methyl/N-ethyl adjacent to an activating group) is 1. The van der Waals surface area contributed by atoms with Gasteiger partial charge in [0.1, 0.15) is 5.75 Å². The molecule has 2 amide bonds. The third-order valence-corrected chi connectivity index (χ3v) is 7.14. The highest BCUT2D eigenvalue weighted by molar-refractivity contribution is 6.01. The average Bonchev–Trinajstić information content (AvgIpc) is 3.46. The van der Waals surface area contributed by atoms with Gasteiger partial charge >= 0.3 is 0 Å². The van der Waals surface area contributed by atoms with Crippen LogP contribution in [0, 0.1) is 5.92 Å². The SMILES string of the molecule is CN(C)CCNC(=O)c1ccc2c(c1)CN(C(=O)c1cc3c(CC4CCOCC4)[nH]nc3cc1O)C2. The number of hydrogen-bond acceptors (Lipinski definition) is 6. The van der Waals surface area contributed by atoms with Crippen molar-refractivity contribution in [2.75, 3.05) is 40.4 Å². The zero-order valence-electron chi connectivity index (χ0n) is 20.8. The highest BCUT2D eigenvalue weighted by Crippen LogP contribution is 2.32. The minimum Gasteiger partial charge on any atom is -0.507 e.